The van der Waals surface area contributed by atoms with Crippen molar-refractivity contribution >= 4 is 24.1 Å². The van der Waals surface area contributed by atoms with Gasteiger partial charge in [-0.15, -0.1) is 0 Å². The van der Waals surface area contributed by atoms with Crippen LogP contribution in [0.4, 0.5) is 8.78 Å². The van der Waals surface area contributed by atoms with Crippen LogP contribution in [-0.2, 0) is 4.57 Å². The van der Waals surface area contributed by atoms with E-state index >= 15 is 0 Å². The maximum Gasteiger partial charge on any atom is 0.387 e. The molecule has 2 aliphatic heterocycles. The largest absolute Gasteiger partial charge is 0.470 e. The van der Waals surface area contributed by atoms with Crippen molar-refractivity contribution in [3.63, 3.8) is 0 Å². The van der Waals surface area contributed by atoms with Crippen molar-refractivity contribution in [3.05, 3.63) is 71.7 Å². The van der Waals surface area contributed by atoms with Crippen molar-refractivity contribution in [1.29, 1.82) is 0 Å². The number of aromatic nitrogens is 3. The molecule has 4 aromatic rings. The quantitative estimate of drug-likeness (QED) is 0.290. The number of rotatable bonds is 6. The van der Waals surface area contributed by atoms with Gasteiger partial charge in [0.15, 0.2) is 0 Å². The van der Waals surface area contributed by atoms with E-state index in [0.29, 0.717) is 29.3 Å². The van der Waals surface area contributed by atoms with Crippen LogP contribution in [0.25, 0.3) is 22.2 Å². The van der Waals surface area contributed by atoms with E-state index in [2.05, 4.69) is 4.98 Å². The van der Waals surface area contributed by atoms with E-state index < -0.39 is 19.8 Å². The molecule has 0 aliphatic carbocycles. The molecule has 8 nitrogen and oxygen atoms in total. The first kappa shape index (κ1) is 24.6. The summed E-state index contributed by atoms with van der Waals surface area (Å²) in [6, 6.07) is 13.4. The van der Waals surface area contributed by atoms with Crippen LogP contribution in [0.5, 0.6) is 11.6 Å². The van der Waals surface area contributed by atoms with E-state index in [0.717, 1.165) is 22.2 Å². The molecule has 4 heterocycles. The third-order valence-electron chi connectivity index (χ3n) is 7.00. The summed E-state index contributed by atoms with van der Waals surface area (Å²) >= 11 is 0. The van der Waals surface area contributed by atoms with Gasteiger partial charge in [-0.05, 0) is 49.2 Å². The molecule has 0 spiro atoms. The summed E-state index contributed by atoms with van der Waals surface area (Å²) in [5.74, 6) is 0.854. The summed E-state index contributed by atoms with van der Waals surface area (Å²) in [5.41, 5.74) is 4.09. The number of amides is 1. The number of nitrogens with zero attached hydrogens (tertiary/aromatic N) is 4. The lowest BCUT2D eigenvalue weighted by Crippen LogP contribution is -2.30. The Morgan fingerprint density at radius 3 is 2.61 bits per heavy atom. The molecule has 2 aromatic heterocycles. The number of pyridine rings is 1. The third-order valence-corrected chi connectivity index (χ3v) is 7.75. The highest BCUT2D eigenvalue weighted by Gasteiger charge is 2.45. The van der Waals surface area contributed by atoms with Gasteiger partial charge in [0.1, 0.15) is 25.1 Å². The minimum atomic E-state index is -3.01. The van der Waals surface area contributed by atoms with Crippen molar-refractivity contribution in [2.45, 2.75) is 25.1 Å². The third kappa shape index (κ3) is 4.13. The van der Waals surface area contributed by atoms with Crippen LogP contribution in [0.1, 0.15) is 40.3 Å². The average Bonchev–Trinajstić information content (AvgIpc) is 3.40. The van der Waals surface area contributed by atoms with Crippen molar-refractivity contribution < 1.29 is 27.6 Å². The van der Waals surface area contributed by atoms with Gasteiger partial charge in [0.25, 0.3) is 5.91 Å². The number of imidazole rings is 1. The molecule has 11 heteroatoms. The van der Waals surface area contributed by atoms with Crippen LogP contribution in [0.2, 0.25) is 0 Å². The molecular weight excluding hydrogens is 513 g/mol. The highest BCUT2D eigenvalue weighted by Crippen LogP contribution is 2.50. The normalized spacial score (nSPS) is 18.5. The van der Waals surface area contributed by atoms with Crippen molar-refractivity contribution in [2.75, 3.05) is 26.7 Å². The topological polar surface area (TPSA) is 86.6 Å². The van der Waals surface area contributed by atoms with E-state index in [1.807, 2.05) is 28.8 Å². The lowest BCUT2D eigenvalue weighted by Gasteiger charge is -2.24. The van der Waals surface area contributed by atoms with E-state index in [1.165, 1.54) is 6.07 Å². The summed E-state index contributed by atoms with van der Waals surface area (Å²) < 4.78 is 51.0. The second-order valence-electron chi connectivity index (χ2n) is 10.1. The molecule has 0 unspecified atom stereocenters. The van der Waals surface area contributed by atoms with Gasteiger partial charge >= 0.3 is 6.61 Å². The van der Waals surface area contributed by atoms with E-state index in [9.17, 15) is 18.1 Å². The second-order valence-corrected chi connectivity index (χ2v) is 13.5. The lowest BCUT2D eigenvalue weighted by atomic mass is 9.97. The number of carbonyl (C=O) groups excluding carboxylic acids is 1. The molecule has 0 saturated heterocycles. The van der Waals surface area contributed by atoms with Crippen LogP contribution >= 0.6 is 7.14 Å². The van der Waals surface area contributed by atoms with E-state index in [1.54, 1.807) is 49.7 Å². The molecular formula is C27H25F2N4O4P. The lowest BCUT2D eigenvalue weighted by molar-refractivity contribution is -0.0507. The fraction of sp³-hybridized carbons (Fsp3) is 0.296. The van der Waals surface area contributed by atoms with Gasteiger partial charge in [0, 0.05) is 42.4 Å². The molecule has 196 valence electrons. The predicted octanol–water partition coefficient (Wildman–Crippen LogP) is 5.78. The van der Waals surface area contributed by atoms with Crippen LogP contribution < -0.4 is 9.47 Å². The zero-order valence-electron chi connectivity index (χ0n) is 21.0. The highest BCUT2D eigenvalue weighted by molar-refractivity contribution is 7.62. The Balaban J connectivity index is 1.44. The molecule has 1 amide bonds. The number of hydrogen-bond acceptors (Lipinski definition) is 6. The molecule has 2 atom stereocenters. The van der Waals surface area contributed by atoms with Crippen molar-refractivity contribution in [1.82, 2.24) is 19.4 Å². The predicted molar refractivity (Wildman–Crippen MR) is 139 cm³/mol. The number of fused-ring (bicyclic) bond motifs is 9. The van der Waals surface area contributed by atoms with Gasteiger partial charge in [-0.25, -0.2) is 9.97 Å². The minimum absolute atomic E-state index is 0.000695. The van der Waals surface area contributed by atoms with Gasteiger partial charge < -0.3 is 23.5 Å². The zero-order valence-corrected chi connectivity index (χ0v) is 21.9. The molecule has 2 bridgehead atoms. The molecule has 0 fully saturated rings. The van der Waals surface area contributed by atoms with Gasteiger partial charge in [-0.2, -0.15) is 8.78 Å². The Hall–Kier alpha value is -3.78. The van der Waals surface area contributed by atoms with E-state index in [4.69, 9.17) is 14.5 Å². The molecule has 6 rings (SSSR count). The van der Waals surface area contributed by atoms with Crippen LogP contribution in [0.3, 0.4) is 0 Å². The Morgan fingerprint density at radius 2 is 1.89 bits per heavy atom. The monoisotopic (exact) mass is 538 g/mol. The van der Waals surface area contributed by atoms with Crippen LogP contribution in [0, 0.1) is 0 Å². The Morgan fingerprint density at radius 1 is 1.11 bits per heavy atom. The highest BCUT2D eigenvalue weighted by atomic mass is 31.2. The zero-order chi connectivity index (χ0) is 26.8. The number of benzene rings is 2. The summed E-state index contributed by atoms with van der Waals surface area (Å²) in [4.78, 5) is 24.1. The van der Waals surface area contributed by atoms with Gasteiger partial charge in [-0.3, -0.25) is 4.79 Å². The van der Waals surface area contributed by atoms with E-state index in [-0.39, 0.29) is 24.0 Å². The molecule has 2 aliphatic rings. The number of hydrogen-bond donors (Lipinski definition) is 0. The Kier molecular flexibility index (Phi) is 5.76. The maximum atomic E-state index is 13.3. The molecule has 0 saturated carbocycles. The summed E-state index contributed by atoms with van der Waals surface area (Å²) in [6.45, 7) is 0.305. The van der Waals surface area contributed by atoms with Crippen LogP contribution in [0.15, 0.2) is 54.7 Å². The van der Waals surface area contributed by atoms with Gasteiger partial charge in [0.05, 0.1) is 23.1 Å². The fourth-order valence-corrected chi connectivity index (χ4v) is 5.76. The molecule has 0 radical (unpaired) electrons. The number of halogens is 2. The fourth-order valence-electron chi connectivity index (χ4n) is 5.32. The van der Waals surface area contributed by atoms with Crippen molar-refractivity contribution in [2.24, 2.45) is 0 Å². The summed E-state index contributed by atoms with van der Waals surface area (Å²) in [7, 11) is -0.618. The first-order valence-corrected chi connectivity index (χ1v) is 14.9. The smallest absolute Gasteiger partial charge is 0.387 e. The summed E-state index contributed by atoms with van der Waals surface area (Å²) in [6.07, 6.45) is 2.31. The average molecular weight is 538 g/mol. The molecule has 2 aromatic carbocycles. The Bertz CT molecular complexity index is 1620. The molecule has 38 heavy (non-hydrogen) atoms. The number of carbonyl (C=O) groups is 1. The van der Waals surface area contributed by atoms with Gasteiger partial charge in [0.2, 0.25) is 5.88 Å². The first-order valence-electron chi connectivity index (χ1n) is 12.1. The van der Waals surface area contributed by atoms with Gasteiger partial charge in [-0.1, -0.05) is 12.1 Å². The minimum Gasteiger partial charge on any atom is -0.470 e. The standard InChI is InChI=1S/C27H25F2N4O4P/c1-32-21-12-20(24-17(26(32)34)5-4-6-22(24)37-27(28)29)33-19-11-15(7-9-18(19)31-25(21)33)16-8-10-23(30-13-16)36-14-38(2,3)35/h4-11,13,20-21,27H,12,14H2,1-3H3/t20-,21+/m1/s1. The first-order chi connectivity index (χ1) is 18.1. The molecule has 0 N–H and O–H groups in total. The number of alkyl halides is 2. The SMILES string of the molecule is CN1C(=O)c2cccc(OC(F)F)c2[C@H]2C[C@H]1c1nc3ccc(-c4ccc(OCP(C)(C)=O)nc4)cc3n12. The van der Waals surface area contributed by atoms with Crippen LogP contribution in [-0.4, -0.2) is 58.7 Å². The maximum absolute atomic E-state index is 13.3. The second kappa shape index (κ2) is 8.91. The van der Waals surface area contributed by atoms with Crippen molar-refractivity contribution in [3.8, 4) is 22.8 Å². The number of ether oxygens (including phenoxy) is 2. The Labute approximate surface area is 217 Å². The summed E-state index contributed by atoms with van der Waals surface area (Å²) in [5, 5.41) is 0.